The van der Waals surface area contributed by atoms with Gasteiger partial charge >= 0.3 is 0 Å². The van der Waals surface area contributed by atoms with Crippen molar-refractivity contribution in [3.8, 4) is 0 Å². The number of carbonyl (C=O) groups is 4. The second-order valence-corrected chi connectivity index (χ2v) is 8.92. The van der Waals surface area contributed by atoms with E-state index in [-0.39, 0.29) is 36.4 Å². The molecule has 0 saturated carbocycles. The lowest BCUT2D eigenvalue weighted by molar-refractivity contribution is -0.384. The Balaban J connectivity index is 2.91. The monoisotopic (exact) mass is 520 g/mol. The molecule has 0 fully saturated rings. The fourth-order valence-corrected chi connectivity index (χ4v) is 3.29. The number of nitro benzene ring substituents is 1. The van der Waals surface area contributed by atoms with Gasteiger partial charge in [-0.25, -0.2) is 0 Å². The quantitative estimate of drug-likeness (QED) is 0.0648. The molecule has 3 atom stereocenters. The summed E-state index contributed by atoms with van der Waals surface area (Å²) in [4.78, 5) is 64.0. The molecule has 1 rings (SSSR count). The average molecular weight is 521 g/mol. The largest absolute Gasteiger partial charge is 0.370 e. The Hall–Kier alpha value is -4.23. The van der Waals surface area contributed by atoms with Crippen LogP contribution in [0, 0.1) is 16.0 Å². The number of non-ortho nitro benzene ring substituents is 1. The summed E-state index contributed by atoms with van der Waals surface area (Å²) in [5.41, 5.74) is 10.8. The molecule has 0 spiro atoms. The van der Waals surface area contributed by atoms with E-state index in [9.17, 15) is 29.3 Å². The van der Waals surface area contributed by atoms with E-state index in [0.717, 1.165) is 0 Å². The van der Waals surface area contributed by atoms with E-state index in [2.05, 4.69) is 26.3 Å². The van der Waals surface area contributed by atoms with Crippen molar-refractivity contribution in [2.45, 2.75) is 65.1 Å². The Morgan fingerprint density at radius 2 is 1.57 bits per heavy atom. The second-order valence-electron chi connectivity index (χ2n) is 8.92. The molecule has 0 bridgehead atoms. The van der Waals surface area contributed by atoms with Gasteiger partial charge in [-0.2, -0.15) is 0 Å². The standard InChI is InChI=1S/C23H36N8O6/c1-13(2)12-19(28-15(4)32)22(35)27-14(3)20(33)30-18(6-5-11-26-23(24)25)21(34)29-16-7-9-17(10-8-16)31(36)37/h7-10,13-14,18-19H,5-6,11-12H2,1-4H3,(H,27,35)(H,28,32)(H,29,34)(H,30,33)(H4,24,25,26)/t14-,18-,19-/m0/s1. The van der Waals surface area contributed by atoms with Gasteiger partial charge < -0.3 is 32.7 Å². The van der Waals surface area contributed by atoms with Gasteiger partial charge in [-0.05, 0) is 44.2 Å². The maximum absolute atomic E-state index is 12.9. The molecule has 4 amide bonds. The fraction of sp³-hybridized carbons (Fsp3) is 0.522. The van der Waals surface area contributed by atoms with E-state index in [1.165, 1.54) is 38.1 Å². The number of amides is 4. The highest BCUT2D eigenvalue weighted by Gasteiger charge is 2.27. The minimum absolute atomic E-state index is 0.109. The lowest BCUT2D eigenvalue weighted by atomic mass is 10.0. The molecule has 0 aliphatic heterocycles. The molecule has 0 unspecified atom stereocenters. The first kappa shape index (κ1) is 30.8. The first-order chi connectivity index (χ1) is 17.3. The highest BCUT2D eigenvalue weighted by Crippen LogP contribution is 2.16. The van der Waals surface area contributed by atoms with Crippen LogP contribution < -0.4 is 32.7 Å². The van der Waals surface area contributed by atoms with Gasteiger partial charge in [-0.3, -0.25) is 34.3 Å². The Kier molecular flexibility index (Phi) is 12.5. The molecule has 14 nitrogen and oxygen atoms in total. The minimum Gasteiger partial charge on any atom is -0.370 e. The number of nitro groups is 1. The molecule has 14 heteroatoms. The van der Waals surface area contributed by atoms with Crippen molar-refractivity contribution in [3.05, 3.63) is 34.4 Å². The van der Waals surface area contributed by atoms with Gasteiger partial charge in [0.2, 0.25) is 23.6 Å². The predicted octanol–water partition coefficient (Wildman–Crippen LogP) is 0.127. The Bertz CT molecular complexity index is 991. The van der Waals surface area contributed by atoms with Gasteiger partial charge in [-0.1, -0.05) is 13.8 Å². The van der Waals surface area contributed by atoms with Crippen LogP contribution in [0.3, 0.4) is 0 Å². The number of anilines is 1. The molecule has 1 aromatic carbocycles. The summed E-state index contributed by atoms with van der Waals surface area (Å²) >= 11 is 0. The van der Waals surface area contributed by atoms with Crippen molar-refractivity contribution in [3.63, 3.8) is 0 Å². The first-order valence-corrected chi connectivity index (χ1v) is 11.8. The van der Waals surface area contributed by atoms with E-state index in [0.29, 0.717) is 18.5 Å². The summed E-state index contributed by atoms with van der Waals surface area (Å²) < 4.78 is 0. The molecule has 0 heterocycles. The molecular weight excluding hydrogens is 484 g/mol. The molecule has 0 radical (unpaired) electrons. The van der Waals surface area contributed by atoms with Crippen LogP contribution in [0.5, 0.6) is 0 Å². The van der Waals surface area contributed by atoms with Gasteiger partial charge in [0.05, 0.1) is 4.92 Å². The second kappa shape index (κ2) is 15.0. The molecule has 0 saturated heterocycles. The van der Waals surface area contributed by atoms with Crippen LogP contribution >= 0.6 is 0 Å². The number of hydrogen-bond donors (Lipinski definition) is 6. The van der Waals surface area contributed by atoms with E-state index in [4.69, 9.17) is 11.5 Å². The number of hydrogen-bond acceptors (Lipinski definition) is 7. The normalized spacial score (nSPS) is 13.0. The molecule has 37 heavy (non-hydrogen) atoms. The summed E-state index contributed by atoms with van der Waals surface area (Å²) in [6.45, 7) is 6.77. The number of nitrogens with two attached hydrogens (primary N) is 2. The fourth-order valence-electron chi connectivity index (χ4n) is 3.29. The van der Waals surface area contributed by atoms with Gasteiger partial charge in [0.15, 0.2) is 5.96 Å². The molecule has 204 valence electrons. The molecule has 1 aromatic rings. The number of nitrogens with one attached hydrogen (secondary N) is 4. The molecular formula is C23H36N8O6. The van der Waals surface area contributed by atoms with E-state index < -0.39 is 40.8 Å². The van der Waals surface area contributed by atoms with Crippen LogP contribution in [-0.4, -0.2) is 59.2 Å². The summed E-state index contributed by atoms with van der Waals surface area (Å²) in [7, 11) is 0. The van der Waals surface area contributed by atoms with Crippen molar-refractivity contribution in [2.75, 3.05) is 11.9 Å². The first-order valence-electron chi connectivity index (χ1n) is 11.8. The lowest BCUT2D eigenvalue weighted by Gasteiger charge is -2.24. The lowest BCUT2D eigenvalue weighted by Crippen LogP contribution is -2.55. The van der Waals surface area contributed by atoms with Crippen molar-refractivity contribution >= 4 is 41.0 Å². The number of guanidine groups is 1. The smallest absolute Gasteiger partial charge is 0.269 e. The third kappa shape index (κ3) is 11.8. The third-order valence-corrected chi connectivity index (χ3v) is 5.08. The summed E-state index contributed by atoms with van der Waals surface area (Å²) in [6, 6.07) is 2.38. The number of rotatable bonds is 14. The molecule has 0 aliphatic carbocycles. The number of aliphatic imine (C=N–C) groups is 1. The topological polar surface area (TPSA) is 224 Å². The number of benzene rings is 1. The van der Waals surface area contributed by atoms with Crippen molar-refractivity contribution in [1.29, 1.82) is 0 Å². The Morgan fingerprint density at radius 1 is 0.946 bits per heavy atom. The highest BCUT2D eigenvalue weighted by atomic mass is 16.6. The van der Waals surface area contributed by atoms with Crippen LogP contribution in [0.2, 0.25) is 0 Å². The summed E-state index contributed by atoms with van der Waals surface area (Å²) in [5, 5.41) is 21.2. The van der Waals surface area contributed by atoms with Crippen LogP contribution in [0.25, 0.3) is 0 Å². The number of nitrogens with zero attached hydrogens (tertiary/aromatic N) is 2. The summed E-state index contributed by atoms with van der Waals surface area (Å²) in [6.07, 6.45) is 0.908. The van der Waals surface area contributed by atoms with Crippen molar-refractivity contribution in [1.82, 2.24) is 16.0 Å². The zero-order valence-corrected chi connectivity index (χ0v) is 21.4. The van der Waals surface area contributed by atoms with Gasteiger partial charge in [-0.15, -0.1) is 0 Å². The highest BCUT2D eigenvalue weighted by molar-refractivity contribution is 5.98. The minimum atomic E-state index is -1.02. The van der Waals surface area contributed by atoms with Crippen molar-refractivity contribution in [2.24, 2.45) is 22.4 Å². The zero-order chi connectivity index (χ0) is 28.1. The average Bonchev–Trinajstić information content (AvgIpc) is 2.79. The van der Waals surface area contributed by atoms with Crippen LogP contribution in [0.1, 0.15) is 47.0 Å². The Morgan fingerprint density at radius 3 is 2.08 bits per heavy atom. The van der Waals surface area contributed by atoms with Crippen molar-refractivity contribution < 1.29 is 24.1 Å². The van der Waals surface area contributed by atoms with Crippen LogP contribution in [0.4, 0.5) is 11.4 Å². The van der Waals surface area contributed by atoms with E-state index >= 15 is 0 Å². The van der Waals surface area contributed by atoms with Crippen LogP contribution in [0.15, 0.2) is 29.3 Å². The molecule has 8 N–H and O–H groups in total. The number of carbonyl (C=O) groups excluding carboxylic acids is 4. The Labute approximate surface area is 215 Å². The maximum Gasteiger partial charge on any atom is 0.269 e. The van der Waals surface area contributed by atoms with Gasteiger partial charge in [0.1, 0.15) is 18.1 Å². The molecule has 0 aromatic heterocycles. The van der Waals surface area contributed by atoms with E-state index in [1.807, 2.05) is 13.8 Å². The summed E-state index contributed by atoms with van der Waals surface area (Å²) in [5.74, 6) is -2.08. The zero-order valence-electron chi connectivity index (χ0n) is 21.4. The van der Waals surface area contributed by atoms with Gasteiger partial charge in [0, 0.05) is 31.3 Å². The van der Waals surface area contributed by atoms with E-state index in [1.54, 1.807) is 0 Å². The predicted molar refractivity (Wildman–Crippen MR) is 138 cm³/mol. The maximum atomic E-state index is 12.9. The third-order valence-electron chi connectivity index (χ3n) is 5.08. The molecule has 0 aliphatic rings. The van der Waals surface area contributed by atoms with Crippen LogP contribution in [-0.2, 0) is 19.2 Å². The SMILES string of the molecule is CC(=O)N[C@@H](CC(C)C)C(=O)N[C@@H](C)C(=O)N[C@@H](CCCN=C(N)N)C(=O)Nc1ccc([N+](=O)[O-])cc1. The van der Waals surface area contributed by atoms with Gasteiger partial charge in [0.25, 0.3) is 5.69 Å².